The summed E-state index contributed by atoms with van der Waals surface area (Å²) >= 11 is 0. The van der Waals surface area contributed by atoms with Crippen LogP contribution in [-0.4, -0.2) is 39.3 Å². The first-order valence-corrected chi connectivity index (χ1v) is 11.9. The van der Waals surface area contributed by atoms with Crippen LogP contribution in [0, 0.1) is 5.82 Å². The summed E-state index contributed by atoms with van der Waals surface area (Å²) in [6, 6.07) is 15.0. The highest BCUT2D eigenvalue weighted by Crippen LogP contribution is 2.38. The Morgan fingerprint density at radius 1 is 1.13 bits per heavy atom. The van der Waals surface area contributed by atoms with Crippen molar-refractivity contribution in [1.29, 1.82) is 0 Å². The van der Waals surface area contributed by atoms with Crippen LogP contribution in [0.15, 0.2) is 65.6 Å². The molecule has 2 aromatic heterocycles. The predicted molar refractivity (Wildman–Crippen MR) is 134 cm³/mol. The molecule has 0 aliphatic carbocycles. The molecule has 1 aliphatic rings. The fourth-order valence-electron chi connectivity index (χ4n) is 4.37. The van der Waals surface area contributed by atoms with Gasteiger partial charge in [-0.2, -0.15) is 0 Å². The average Bonchev–Trinajstić information content (AvgIpc) is 2.92. The molecule has 1 atom stereocenters. The van der Waals surface area contributed by atoms with Crippen molar-refractivity contribution in [1.82, 2.24) is 9.55 Å². The fraction of sp³-hybridized carbons (Fsp3) is 0.214. The van der Waals surface area contributed by atoms with Crippen molar-refractivity contribution in [2.24, 2.45) is 0 Å². The minimum atomic E-state index is -1.39. The third-order valence-corrected chi connectivity index (χ3v) is 6.15. The fourth-order valence-corrected chi connectivity index (χ4v) is 4.37. The SMILES string of the molecule is CCOC(=O)c1c(OCc2ccccc2)c2ncc(Cc3ccc(F)cc3)c3c2n(c1=O)C[C@H](C(=O)O)O3. The van der Waals surface area contributed by atoms with Gasteiger partial charge in [-0.1, -0.05) is 42.5 Å². The number of nitrogens with zero attached hydrogens (tertiary/aromatic N) is 2. The number of carbonyl (C=O) groups excluding carboxylic acids is 1. The van der Waals surface area contributed by atoms with E-state index in [1.807, 2.05) is 30.3 Å². The van der Waals surface area contributed by atoms with Crippen molar-refractivity contribution >= 4 is 23.0 Å². The number of hydrogen-bond donors (Lipinski definition) is 1. The van der Waals surface area contributed by atoms with E-state index in [-0.39, 0.29) is 54.3 Å². The highest BCUT2D eigenvalue weighted by Gasteiger charge is 2.35. The number of carboxylic acid groups (broad SMARTS) is 1. The largest absolute Gasteiger partial charge is 0.485 e. The van der Waals surface area contributed by atoms with E-state index in [9.17, 15) is 23.9 Å². The smallest absolute Gasteiger partial charge is 0.347 e. The maximum atomic E-state index is 13.7. The van der Waals surface area contributed by atoms with Gasteiger partial charge in [-0.3, -0.25) is 14.3 Å². The quantitative estimate of drug-likeness (QED) is 0.351. The number of halogens is 1. The second-order valence-electron chi connectivity index (χ2n) is 8.67. The average molecular weight is 518 g/mol. The van der Waals surface area contributed by atoms with Crippen LogP contribution in [0.5, 0.6) is 11.5 Å². The Morgan fingerprint density at radius 2 is 1.87 bits per heavy atom. The molecule has 0 unspecified atom stereocenters. The molecule has 0 spiro atoms. The first-order valence-electron chi connectivity index (χ1n) is 11.9. The van der Waals surface area contributed by atoms with Gasteiger partial charge in [0, 0.05) is 18.2 Å². The molecule has 2 aromatic carbocycles. The molecule has 0 radical (unpaired) electrons. The summed E-state index contributed by atoms with van der Waals surface area (Å²) in [7, 11) is 0. The first kappa shape index (κ1) is 24.9. The molecular weight excluding hydrogens is 495 g/mol. The van der Waals surface area contributed by atoms with Crippen molar-refractivity contribution < 1.29 is 33.3 Å². The van der Waals surface area contributed by atoms with Crippen molar-refractivity contribution in [3.05, 3.63) is 99.2 Å². The Labute approximate surface area is 216 Å². The third kappa shape index (κ3) is 4.68. The topological polar surface area (TPSA) is 117 Å². The van der Waals surface area contributed by atoms with Gasteiger partial charge in [0.1, 0.15) is 23.5 Å². The lowest BCUT2D eigenvalue weighted by Crippen LogP contribution is -2.41. The van der Waals surface area contributed by atoms with Crippen LogP contribution in [0.4, 0.5) is 4.39 Å². The molecule has 0 bridgehead atoms. The van der Waals surface area contributed by atoms with Gasteiger partial charge in [0.25, 0.3) is 5.56 Å². The van der Waals surface area contributed by atoms with Gasteiger partial charge in [0.05, 0.1) is 13.2 Å². The molecule has 1 N–H and O–H groups in total. The molecule has 38 heavy (non-hydrogen) atoms. The van der Waals surface area contributed by atoms with Crippen LogP contribution in [0.2, 0.25) is 0 Å². The monoisotopic (exact) mass is 518 g/mol. The summed E-state index contributed by atoms with van der Waals surface area (Å²) < 4.78 is 31.6. The molecule has 4 aromatic rings. The number of esters is 1. The zero-order valence-corrected chi connectivity index (χ0v) is 20.3. The number of ether oxygens (including phenoxy) is 3. The third-order valence-electron chi connectivity index (χ3n) is 6.15. The van der Waals surface area contributed by atoms with Gasteiger partial charge in [-0.05, 0) is 30.2 Å². The molecule has 5 rings (SSSR count). The second kappa shape index (κ2) is 10.3. The minimum Gasteiger partial charge on any atom is -0.485 e. The normalized spacial score (nSPS) is 14.1. The highest BCUT2D eigenvalue weighted by molar-refractivity contribution is 6.00. The molecular formula is C28H23FN2O7. The van der Waals surface area contributed by atoms with Gasteiger partial charge >= 0.3 is 11.9 Å². The van der Waals surface area contributed by atoms with E-state index in [0.29, 0.717) is 5.56 Å². The van der Waals surface area contributed by atoms with Gasteiger partial charge in [-0.15, -0.1) is 0 Å². The maximum Gasteiger partial charge on any atom is 0.347 e. The van der Waals surface area contributed by atoms with E-state index in [0.717, 1.165) is 11.1 Å². The molecule has 0 saturated heterocycles. The van der Waals surface area contributed by atoms with E-state index < -0.39 is 29.4 Å². The molecule has 3 heterocycles. The van der Waals surface area contributed by atoms with Crippen LogP contribution >= 0.6 is 0 Å². The summed E-state index contributed by atoms with van der Waals surface area (Å²) in [5, 5.41) is 9.73. The number of hydrogen-bond acceptors (Lipinski definition) is 7. The summed E-state index contributed by atoms with van der Waals surface area (Å²) in [6.07, 6.45) is 0.326. The Bertz CT molecular complexity index is 1580. The summed E-state index contributed by atoms with van der Waals surface area (Å²) in [4.78, 5) is 43.1. The van der Waals surface area contributed by atoms with E-state index in [2.05, 4.69) is 4.98 Å². The van der Waals surface area contributed by atoms with Gasteiger partial charge in [0.2, 0.25) is 6.10 Å². The molecule has 0 saturated carbocycles. The first-order chi connectivity index (χ1) is 18.4. The minimum absolute atomic E-state index is 0.0184. The predicted octanol–water partition coefficient (Wildman–Crippen LogP) is 3.73. The van der Waals surface area contributed by atoms with Crippen molar-refractivity contribution in [2.45, 2.75) is 32.6 Å². The molecule has 10 heteroatoms. The molecule has 194 valence electrons. The zero-order chi connectivity index (χ0) is 26.8. The second-order valence-corrected chi connectivity index (χ2v) is 8.67. The van der Waals surface area contributed by atoms with Crippen LogP contribution in [0.1, 0.15) is 34.0 Å². The van der Waals surface area contributed by atoms with Crippen LogP contribution in [0.3, 0.4) is 0 Å². The number of carbonyl (C=O) groups is 2. The number of pyridine rings is 2. The zero-order valence-electron chi connectivity index (χ0n) is 20.3. The van der Waals surface area contributed by atoms with Crippen LogP contribution < -0.4 is 15.0 Å². The van der Waals surface area contributed by atoms with E-state index in [4.69, 9.17) is 14.2 Å². The molecule has 9 nitrogen and oxygen atoms in total. The van der Waals surface area contributed by atoms with E-state index in [1.165, 1.54) is 22.9 Å². The van der Waals surface area contributed by atoms with Crippen LogP contribution in [-0.2, 0) is 29.1 Å². The number of benzene rings is 2. The standard InChI is InChI=1S/C28H23FN2O7/c1-2-36-28(35)21-25(37-15-17-6-4-3-5-7-17)22-23-24(38-20(27(33)34)14-31(23)26(21)32)18(13-30-22)12-16-8-10-19(29)11-9-16/h3-11,13,20H,2,12,14-15H2,1H3,(H,33,34)/t20-/m1/s1. The lowest BCUT2D eigenvalue weighted by atomic mass is 10.0. The summed E-state index contributed by atoms with van der Waals surface area (Å²) in [5.41, 5.74) is 1.24. The highest BCUT2D eigenvalue weighted by atomic mass is 19.1. The number of aliphatic carboxylic acids is 1. The Kier molecular flexibility index (Phi) is 6.78. The maximum absolute atomic E-state index is 13.7. The van der Waals surface area contributed by atoms with Gasteiger partial charge in [-0.25, -0.2) is 14.0 Å². The molecule has 0 fully saturated rings. The number of carboxylic acids is 1. The summed E-state index contributed by atoms with van der Waals surface area (Å²) in [6.45, 7) is 1.32. The van der Waals surface area contributed by atoms with Crippen LogP contribution in [0.25, 0.3) is 11.0 Å². The molecule has 1 aliphatic heterocycles. The van der Waals surface area contributed by atoms with Crippen molar-refractivity contribution in [3.8, 4) is 11.5 Å². The Balaban J connectivity index is 1.72. The Morgan fingerprint density at radius 3 is 2.55 bits per heavy atom. The van der Waals surface area contributed by atoms with E-state index in [1.54, 1.807) is 19.1 Å². The molecule has 0 amide bonds. The van der Waals surface area contributed by atoms with E-state index >= 15 is 0 Å². The van der Waals surface area contributed by atoms with Crippen molar-refractivity contribution in [3.63, 3.8) is 0 Å². The van der Waals surface area contributed by atoms with Gasteiger partial charge in [0.15, 0.2) is 17.1 Å². The number of rotatable bonds is 8. The lowest BCUT2D eigenvalue weighted by molar-refractivity contribution is -0.146. The number of aromatic nitrogens is 2. The van der Waals surface area contributed by atoms with Crippen molar-refractivity contribution in [2.75, 3.05) is 6.61 Å². The Hall–Kier alpha value is -4.73. The van der Waals surface area contributed by atoms with Gasteiger partial charge < -0.3 is 19.3 Å². The summed E-state index contributed by atoms with van der Waals surface area (Å²) in [5.74, 6) is -2.51. The lowest BCUT2D eigenvalue weighted by Gasteiger charge is -2.28.